The summed E-state index contributed by atoms with van der Waals surface area (Å²) >= 11 is 0. The number of hydrogen-bond acceptors (Lipinski definition) is 5. The fourth-order valence-electron chi connectivity index (χ4n) is 2.95. The fraction of sp³-hybridized carbons (Fsp3) is 0.0952. The summed E-state index contributed by atoms with van der Waals surface area (Å²) in [7, 11) is 1.75. The van der Waals surface area contributed by atoms with E-state index >= 15 is 0 Å². The third-order valence-corrected chi connectivity index (χ3v) is 4.41. The largest absolute Gasteiger partial charge is 0.457 e. The van der Waals surface area contributed by atoms with Gasteiger partial charge in [-0.15, -0.1) is 0 Å². The third-order valence-electron chi connectivity index (χ3n) is 4.41. The molecule has 30 heavy (non-hydrogen) atoms. The zero-order valence-electron chi connectivity index (χ0n) is 15.6. The first-order valence-corrected chi connectivity index (χ1v) is 8.83. The Morgan fingerprint density at radius 1 is 1.07 bits per heavy atom. The quantitative estimate of drug-likeness (QED) is 0.449. The molecule has 2 heterocycles. The maximum Gasteiger partial charge on any atom is 0.416 e. The van der Waals surface area contributed by atoms with Crippen LogP contribution in [0.15, 0.2) is 60.8 Å². The molecular weight excluding hydrogens is 397 g/mol. The molecule has 0 aliphatic heterocycles. The zero-order chi connectivity index (χ0) is 21.3. The Morgan fingerprint density at radius 3 is 2.63 bits per heavy atom. The van der Waals surface area contributed by atoms with Gasteiger partial charge in [-0.25, -0.2) is 4.98 Å². The maximum atomic E-state index is 12.9. The summed E-state index contributed by atoms with van der Waals surface area (Å²) < 4.78 is 46.3. The van der Waals surface area contributed by atoms with E-state index in [4.69, 9.17) is 4.74 Å². The Labute approximate surface area is 169 Å². The van der Waals surface area contributed by atoms with Gasteiger partial charge in [-0.3, -0.25) is 9.78 Å². The molecule has 4 aromatic rings. The topological polar surface area (TPSA) is 69.0 Å². The average molecular weight is 412 g/mol. The van der Waals surface area contributed by atoms with Crippen molar-refractivity contribution in [2.75, 3.05) is 5.32 Å². The van der Waals surface area contributed by atoms with Crippen LogP contribution in [0, 0.1) is 0 Å². The molecule has 0 radical (unpaired) electrons. The van der Waals surface area contributed by atoms with Crippen LogP contribution < -0.4 is 10.1 Å². The highest BCUT2D eigenvalue weighted by Gasteiger charge is 2.30. The number of aromatic nitrogens is 3. The van der Waals surface area contributed by atoms with Gasteiger partial charge in [0.05, 0.1) is 16.6 Å². The molecule has 0 fully saturated rings. The predicted octanol–water partition coefficient (Wildman–Crippen LogP) is 5.34. The van der Waals surface area contributed by atoms with Gasteiger partial charge in [0.1, 0.15) is 17.2 Å². The van der Waals surface area contributed by atoms with Crippen LogP contribution in [-0.4, -0.2) is 20.8 Å². The normalized spacial score (nSPS) is 11.5. The minimum Gasteiger partial charge on any atom is -0.457 e. The lowest BCUT2D eigenvalue weighted by Crippen LogP contribution is -2.06. The molecule has 0 aliphatic rings. The number of rotatable bonds is 5. The summed E-state index contributed by atoms with van der Waals surface area (Å²) in [6, 6.07) is 13.3. The fourth-order valence-corrected chi connectivity index (χ4v) is 2.95. The van der Waals surface area contributed by atoms with Gasteiger partial charge in [-0.1, -0.05) is 6.07 Å². The number of aldehydes is 1. The van der Waals surface area contributed by atoms with Gasteiger partial charge in [0.25, 0.3) is 0 Å². The van der Waals surface area contributed by atoms with Crippen molar-refractivity contribution in [3.63, 3.8) is 0 Å². The number of halogens is 3. The smallest absolute Gasteiger partial charge is 0.416 e. The minimum absolute atomic E-state index is 0.249. The Hall–Kier alpha value is -3.88. The molecule has 152 valence electrons. The summed E-state index contributed by atoms with van der Waals surface area (Å²) in [5.41, 5.74) is 1.14. The van der Waals surface area contributed by atoms with Crippen molar-refractivity contribution in [3.8, 4) is 11.5 Å². The highest BCUT2D eigenvalue weighted by molar-refractivity contribution is 5.81. The van der Waals surface area contributed by atoms with Crippen molar-refractivity contribution >= 4 is 29.0 Å². The molecule has 0 spiro atoms. The van der Waals surface area contributed by atoms with Gasteiger partial charge in [-0.2, -0.15) is 13.2 Å². The lowest BCUT2D eigenvalue weighted by Gasteiger charge is -2.10. The van der Waals surface area contributed by atoms with E-state index in [1.165, 1.54) is 24.4 Å². The highest BCUT2D eigenvalue weighted by atomic mass is 19.4. The van der Waals surface area contributed by atoms with E-state index in [9.17, 15) is 18.0 Å². The number of anilines is 2. The molecule has 9 heteroatoms. The number of nitrogens with zero attached hydrogens (tertiary/aromatic N) is 3. The lowest BCUT2D eigenvalue weighted by atomic mass is 10.2. The number of hydrogen-bond donors (Lipinski definition) is 1. The van der Waals surface area contributed by atoms with E-state index in [1.54, 1.807) is 35.9 Å². The number of alkyl halides is 3. The summed E-state index contributed by atoms with van der Waals surface area (Å²) in [5.74, 6) is 1.33. The zero-order valence-corrected chi connectivity index (χ0v) is 15.6. The van der Waals surface area contributed by atoms with Crippen molar-refractivity contribution in [1.82, 2.24) is 14.5 Å². The SMILES string of the molecule is Cn1c(Nc2cccc(C(F)(F)F)c2)nc2cc(Oc3ccnc(C=O)c3)ccc21. The molecule has 1 N–H and O–H groups in total. The van der Waals surface area contributed by atoms with Gasteiger partial charge in [0, 0.05) is 31.1 Å². The molecule has 0 atom stereocenters. The summed E-state index contributed by atoms with van der Waals surface area (Å²) in [5, 5.41) is 2.92. The number of carbonyl (C=O) groups is 1. The van der Waals surface area contributed by atoms with Crippen molar-refractivity contribution in [2.24, 2.45) is 7.05 Å². The molecule has 2 aromatic carbocycles. The molecule has 0 unspecified atom stereocenters. The average Bonchev–Trinajstić information content (AvgIpc) is 3.02. The molecule has 0 amide bonds. The monoisotopic (exact) mass is 412 g/mol. The standard InChI is InChI=1S/C21H15F3N4O2/c1-28-19-6-5-16(30-17-7-8-25-15(10-17)12-29)11-18(19)27-20(28)26-14-4-2-3-13(9-14)21(22,23)24/h2-12H,1H3,(H,26,27). The van der Waals surface area contributed by atoms with Crippen LogP contribution in [0.25, 0.3) is 11.0 Å². The molecule has 2 aromatic heterocycles. The second-order valence-electron chi connectivity index (χ2n) is 6.48. The number of aryl methyl sites for hydroxylation is 1. The highest BCUT2D eigenvalue weighted by Crippen LogP contribution is 2.32. The van der Waals surface area contributed by atoms with E-state index in [0.29, 0.717) is 29.3 Å². The van der Waals surface area contributed by atoms with E-state index in [0.717, 1.165) is 17.6 Å². The number of benzene rings is 2. The van der Waals surface area contributed by atoms with Crippen molar-refractivity contribution < 1.29 is 22.7 Å². The van der Waals surface area contributed by atoms with Gasteiger partial charge < -0.3 is 14.6 Å². The number of pyridine rings is 1. The Balaban J connectivity index is 1.62. The first kappa shape index (κ1) is 19.4. The Morgan fingerprint density at radius 2 is 1.87 bits per heavy atom. The van der Waals surface area contributed by atoms with E-state index in [-0.39, 0.29) is 11.4 Å². The molecular formula is C21H15F3N4O2. The van der Waals surface area contributed by atoms with Crippen molar-refractivity contribution in [2.45, 2.75) is 6.18 Å². The van der Waals surface area contributed by atoms with Gasteiger partial charge >= 0.3 is 6.18 Å². The first-order valence-electron chi connectivity index (χ1n) is 8.83. The van der Waals surface area contributed by atoms with Crippen LogP contribution in [0.2, 0.25) is 0 Å². The number of nitrogens with one attached hydrogen (secondary N) is 1. The predicted molar refractivity (Wildman–Crippen MR) is 105 cm³/mol. The second-order valence-corrected chi connectivity index (χ2v) is 6.48. The maximum absolute atomic E-state index is 12.9. The van der Waals surface area contributed by atoms with Crippen LogP contribution in [0.1, 0.15) is 16.1 Å². The molecule has 6 nitrogen and oxygen atoms in total. The van der Waals surface area contributed by atoms with Crippen LogP contribution in [-0.2, 0) is 13.2 Å². The molecule has 0 aliphatic carbocycles. The second kappa shape index (κ2) is 7.51. The molecule has 0 saturated carbocycles. The van der Waals surface area contributed by atoms with Gasteiger partial charge in [0.15, 0.2) is 6.29 Å². The Kier molecular flexibility index (Phi) is 4.86. The number of carbonyl (C=O) groups excluding carboxylic acids is 1. The van der Waals surface area contributed by atoms with Crippen LogP contribution in [0.5, 0.6) is 11.5 Å². The minimum atomic E-state index is -4.42. The van der Waals surface area contributed by atoms with Gasteiger partial charge in [0.2, 0.25) is 5.95 Å². The third kappa shape index (κ3) is 3.95. The summed E-state index contributed by atoms with van der Waals surface area (Å²) in [6.07, 6.45) is -2.33. The van der Waals surface area contributed by atoms with E-state index in [2.05, 4.69) is 15.3 Å². The number of ether oxygens (including phenoxy) is 1. The van der Waals surface area contributed by atoms with Gasteiger partial charge in [-0.05, 0) is 36.4 Å². The van der Waals surface area contributed by atoms with Crippen LogP contribution in [0.3, 0.4) is 0 Å². The molecule has 0 bridgehead atoms. The van der Waals surface area contributed by atoms with Crippen LogP contribution in [0.4, 0.5) is 24.8 Å². The van der Waals surface area contributed by atoms with E-state index in [1.807, 2.05) is 0 Å². The number of fused-ring (bicyclic) bond motifs is 1. The molecule has 4 rings (SSSR count). The van der Waals surface area contributed by atoms with Crippen LogP contribution >= 0.6 is 0 Å². The summed E-state index contributed by atoms with van der Waals surface area (Å²) in [6.45, 7) is 0. The first-order chi connectivity index (χ1) is 14.3. The molecule has 0 saturated heterocycles. The Bertz CT molecular complexity index is 1230. The number of imidazole rings is 1. The summed E-state index contributed by atoms with van der Waals surface area (Å²) in [4.78, 5) is 19.2. The van der Waals surface area contributed by atoms with E-state index < -0.39 is 11.7 Å². The van der Waals surface area contributed by atoms with Crippen molar-refractivity contribution in [3.05, 3.63) is 72.1 Å². The lowest BCUT2D eigenvalue weighted by molar-refractivity contribution is -0.137. The van der Waals surface area contributed by atoms with Crippen molar-refractivity contribution in [1.29, 1.82) is 0 Å².